The molecule has 112 valence electrons. The van der Waals surface area contributed by atoms with Crippen molar-refractivity contribution in [3.05, 3.63) is 28.2 Å². The van der Waals surface area contributed by atoms with Crippen molar-refractivity contribution in [2.75, 3.05) is 38.3 Å². The SMILES string of the molecule is COCCNCc1cc(Br)ccc1N1CCC(C)(O)C1. The Morgan fingerprint density at radius 1 is 1.50 bits per heavy atom. The van der Waals surface area contributed by atoms with E-state index >= 15 is 0 Å². The Labute approximate surface area is 129 Å². The molecular formula is C15H23BrN2O2. The summed E-state index contributed by atoms with van der Waals surface area (Å²) in [5.74, 6) is 0. The molecule has 1 aliphatic rings. The van der Waals surface area contributed by atoms with Crippen molar-refractivity contribution in [3.63, 3.8) is 0 Å². The summed E-state index contributed by atoms with van der Waals surface area (Å²) in [5.41, 5.74) is 1.87. The van der Waals surface area contributed by atoms with Crippen molar-refractivity contribution < 1.29 is 9.84 Å². The number of ether oxygens (including phenoxy) is 1. The van der Waals surface area contributed by atoms with Gasteiger partial charge in [-0.15, -0.1) is 0 Å². The van der Waals surface area contributed by atoms with E-state index in [4.69, 9.17) is 4.74 Å². The zero-order chi connectivity index (χ0) is 14.6. The van der Waals surface area contributed by atoms with Crippen LogP contribution in [-0.2, 0) is 11.3 Å². The van der Waals surface area contributed by atoms with Gasteiger partial charge in [0.05, 0.1) is 12.2 Å². The van der Waals surface area contributed by atoms with Gasteiger partial charge < -0.3 is 20.1 Å². The monoisotopic (exact) mass is 342 g/mol. The van der Waals surface area contributed by atoms with Crippen LogP contribution < -0.4 is 10.2 Å². The van der Waals surface area contributed by atoms with Gasteiger partial charge in [0.2, 0.25) is 0 Å². The molecule has 2 rings (SSSR count). The van der Waals surface area contributed by atoms with Crippen LogP contribution in [0.5, 0.6) is 0 Å². The summed E-state index contributed by atoms with van der Waals surface area (Å²) < 4.78 is 6.12. The molecule has 1 aromatic rings. The minimum atomic E-state index is -0.576. The van der Waals surface area contributed by atoms with Crippen molar-refractivity contribution in [2.24, 2.45) is 0 Å². The van der Waals surface area contributed by atoms with Crippen molar-refractivity contribution in [1.29, 1.82) is 0 Å². The highest BCUT2D eigenvalue weighted by Crippen LogP contribution is 2.30. The van der Waals surface area contributed by atoms with E-state index in [2.05, 4.69) is 44.3 Å². The van der Waals surface area contributed by atoms with E-state index in [1.807, 2.05) is 6.92 Å². The normalized spacial score (nSPS) is 22.5. The van der Waals surface area contributed by atoms with Gasteiger partial charge in [-0.05, 0) is 37.1 Å². The lowest BCUT2D eigenvalue weighted by Gasteiger charge is -2.24. The summed E-state index contributed by atoms with van der Waals surface area (Å²) in [5, 5.41) is 13.5. The molecule has 1 unspecified atom stereocenters. The predicted octanol–water partition coefficient (Wildman–Crippen LogP) is 2.15. The smallest absolute Gasteiger partial charge is 0.0810 e. The van der Waals surface area contributed by atoms with Gasteiger partial charge in [-0.2, -0.15) is 0 Å². The Kier molecular flexibility index (Phi) is 5.43. The van der Waals surface area contributed by atoms with Gasteiger partial charge in [-0.1, -0.05) is 15.9 Å². The summed E-state index contributed by atoms with van der Waals surface area (Å²) >= 11 is 3.53. The number of benzene rings is 1. The first kappa shape index (κ1) is 15.8. The van der Waals surface area contributed by atoms with Gasteiger partial charge in [-0.3, -0.25) is 0 Å². The number of methoxy groups -OCH3 is 1. The maximum Gasteiger partial charge on any atom is 0.0810 e. The van der Waals surface area contributed by atoms with E-state index in [0.717, 1.165) is 30.5 Å². The molecule has 2 N–H and O–H groups in total. The molecule has 0 amide bonds. The lowest BCUT2D eigenvalue weighted by molar-refractivity contribution is 0.0839. The molecule has 1 aliphatic heterocycles. The zero-order valence-electron chi connectivity index (χ0n) is 12.2. The average Bonchev–Trinajstić information content (AvgIpc) is 2.75. The lowest BCUT2D eigenvalue weighted by atomic mass is 10.1. The highest BCUT2D eigenvalue weighted by molar-refractivity contribution is 9.10. The Bertz CT molecular complexity index is 451. The first-order chi connectivity index (χ1) is 9.52. The van der Waals surface area contributed by atoms with Crippen LogP contribution in [0, 0.1) is 0 Å². The van der Waals surface area contributed by atoms with Gasteiger partial charge >= 0.3 is 0 Å². The van der Waals surface area contributed by atoms with Crippen LogP contribution in [0.4, 0.5) is 5.69 Å². The molecule has 4 nitrogen and oxygen atoms in total. The molecule has 0 bridgehead atoms. The number of rotatable bonds is 6. The summed E-state index contributed by atoms with van der Waals surface area (Å²) in [6, 6.07) is 6.32. The maximum absolute atomic E-state index is 10.1. The largest absolute Gasteiger partial charge is 0.388 e. The molecule has 0 aliphatic carbocycles. The predicted molar refractivity (Wildman–Crippen MR) is 85.2 cm³/mol. The Morgan fingerprint density at radius 2 is 2.30 bits per heavy atom. The topological polar surface area (TPSA) is 44.7 Å². The van der Waals surface area contributed by atoms with Crippen LogP contribution in [0.15, 0.2) is 22.7 Å². The van der Waals surface area contributed by atoms with Gasteiger partial charge in [0.25, 0.3) is 0 Å². The molecule has 0 spiro atoms. The Morgan fingerprint density at radius 3 is 2.95 bits per heavy atom. The summed E-state index contributed by atoms with van der Waals surface area (Å²) in [6.45, 7) is 5.85. The Balaban J connectivity index is 2.08. The summed E-state index contributed by atoms with van der Waals surface area (Å²) in [6.07, 6.45) is 0.819. The number of hydrogen-bond acceptors (Lipinski definition) is 4. The van der Waals surface area contributed by atoms with E-state index in [1.54, 1.807) is 7.11 Å². The molecule has 0 saturated carbocycles. The fourth-order valence-electron chi connectivity index (χ4n) is 2.55. The van der Waals surface area contributed by atoms with Gasteiger partial charge in [0.15, 0.2) is 0 Å². The number of anilines is 1. The van der Waals surface area contributed by atoms with Crippen LogP contribution in [-0.4, -0.2) is 44.1 Å². The molecule has 0 aromatic heterocycles. The molecule has 1 saturated heterocycles. The minimum Gasteiger partial charge on any atom is -0.388 e. The third kappa shape index (κ3) is 4.19. The quantitative estimate of drug-likeness (QED) is 0.777. The van der Waals surface area contributed by atoms with Crippen LogP contribution in [0.25, 0.3) is 0 Å². The third-order valence-corrected chi connectivity index (χ3v) is 4.13. The van der Waals surface area contributed by atoms with Gasteiger partial charge in [0.1, 0.15) is 0 Å². The molecule has 1 aromatic carbocycles. The highest BCUT2D eigenvalue weighted by atomic mass is 79.9. The van der Waals surface area contributed by atoms with Gasteiger partial charge in [0, 0.05) is 43.4 Å². The summed E-state index contributed by atoms with van der Waals surface area (Å²) in [7, 11) is 1.71. The van der Waals surface area contributed by atoms with Gasteiger partial charge in [-0.25, -0.2) is 0 Å². The number of halogens is 1. The Hall–Kier alpha value is -0.620. The third-order valence-electron chi connectivity index (χ3n) is 3.63. The van der Waals surface area contributed by atoms with Crippen molar-refractivity contribution in [2.45, 2.75) is 25.5 Å². The van der Waals surface area contributed by atoms with E-state index in [0.29, 0.717) is 13.2 Å². The standard InChI is InChI=1S/C15H23BrN2O2/c1-15(19)5-7-18(11-15)14-4-3-13(16)9-12(14)10-17-6-8-20-2/h3-4,9,17,19H,5-8,10-11H2,1-2H3. The van der Waals surface area contributed by atoms with Crippen LogP contribution >= 0.6 is 15.9 Å². The van der Waals surface area contributed by atoms with Crippen LogP contribution in [0.1, 0.15) is 18.9 Å². The van der Waals surface area contributed by atoms with E-state index in [1.165, 1.54) is 11.3 Å². The number of aliphatic hydroxyl groups is 1. The molecule has 0 radical (unpaired) electrons. The number of β-amino-alcohol motifs (C(OH)–C–C–N with tert-alkyl or cyclic N) is 1. The summed E-state index contributed by atoms with van der Waals surface area (Å²) in [4.78, 5) is 2.26. The van der Waals surface area contributed by atoms with E-state index in [9.17, 15) is 5.11 Å². The van der Waals surface area contributed by atoms with Crippen molar-refractivity contribution in [1.82, 2.24) is 5.32 Å². The number of nitrogens with zero attached hydrogens (tertiary/aromatic N) is 1. The second-order valence-corrected chi connectivity index (χ2v) is 6.53. The number of hydrogen-bond donors (Lipinski definition) is 2. The van der Waals surface area contributed by atoms with E-state index < -0.39 is 5.60 Å². The highest BCUT2D eigenvalue weighted by Gasteiger charge is 2.32. The second-order valence-electron chi connectivity index (χ2n) is 5.61. The molecule has 5 heteroatoms. The zero-order valence-corrected chi connectivity index (χ0v) is 13.7. The molecule has 1 heterocycles. The first-order valence-electron chi connectivity index (χ1n) is 6.97. The molecule has 20 heavy (non-hydrogen) atoms. The fourth-order valence-corrected chi connectivity index (χ4v) is 2.96. The first-order valence-corrected chi connectivity index (χ1v) is 7.76. The minimum absolute atomic E-state index is 0.576. The molecule has 1 atom stereocenters. The molecule has 1 fully saturated rings. The van der Waals surface area contributed by atoms with Crippen LogP contribution in [0.2, 0.25) is 0 Å². The fraction of sp³-hybridized carbons (Fsp3) is 0.600. The molecular weight excluding hydrogens is 320 g/mol. The van der Waals surface area contributed by atoms with E-state index in [-0.39, 0.29) is 0 Å². The second kappa shape index (κ2) is 6.89. The van der Waals surface area contributed by atoms with Crippen molar-refractivity contribution >= 4 is 21.6 Å². The van der Waals surface area contributed by atoms with Crippen molar-refractivity contribution in [3.8, 4) is 0 Å². The average molecular weight is 343 g/mol. The maximum atomic E-state index is 10.1. The van der Waals surface area contributed by atoms with Crippen LogP contribution in [0.3, 0.4) is 0 Å². The number of nitrogens with one attached hydrogen (secondary N) is 1. The lowest BCUT2D eigenvalue weighted by Crippen LogP contribution is -2.30.